The molecular weight excluding hydrogens is 416 g/mol. The molecule has 0 aromatic heterocycles. The van der Waals surface area contributed by atoms with Gasteiger partial charge in [0.2, 0.25) is 5.91 Å². The molecule has 3 amide bonds. The molecule has 1 aliphatic heterocycles. The molecule has 0 N–H and O–H groups in total. The summed E-state index contributed by atoms with van der Waals surface area (Å²) in [5.41, 5.74) is 3.93. The molecule has 0 radical (unpaired) electrons. The summed E-state index contributed by atoms with van der Waals surface area (Å²) in [6.45, 7) is 4.14. The van der Waals surface area contributed by atoms with Crippen molar-refractivity contribution in [1.82, 2.24) is 4.90 Å². The first-order valence-corrected chi connectivity index (χ1v) is 10.8. The van der Waals surface area contributed by atoms with Gasteiger partial charge >= 0.3 is 0 Å². The molecule has 6 heteroatoms. The fourth-order valence-corrected chi connectivity index (χ4v) is 3.96. The van der Waals surface area contributed by atoms with E-state index in [2.05, 4.69) is 0 Å². The number of methoxy groups -OCH3 is 1. The summed E-state index contributed by atoms with van der Waals surface area (Å²) < 4.78 is 5.26. The van der Waals surface area contributed by atoms with Crippen LogP contribution in [0.5, 0.6) is 5.75 Å². The van der Waals surface area contributed by atoms with Crippen LogP contribution in [0.25, 0.3) is 0 Å². The Balaban J connectivity index is 1.69. The van der Waals surface area contributed by atoms with Gasteiger partial charge in [-0.05, 0) is 49.7 Å². The second-order valence-corrected chi connectivity index (χ2v) is 8.27. The molecule has 3 aromatic carbocycles. The number of aryl methyl sites for hydroxylation is 2. The highest BCUT2D eigenvalue weighted by atomic mass is 16.5. The first-order valence-electron chi connectivity index (χ1n) is 10.8. The Hall–Kier alpha value is -3.93. The lowest BCUT2D eigenvalue weighted by Crippen LogP contribution is -2.45. The van der Waals surface area contributed by atoms with Gasteiger partial charge in [-0.3, -0.25) is 14.4 Å². The Morgan fingerprint density at radius 3 is 2.24 bits per heavy atom. The number of ether oxygens (including phenoxy) is 1. The van der Waals surface area contributed by atoms with Gasteiger partial charge < -0.3 is 9.64 Å². The van der Waals surface area contributed by atoms with Gasteiger partial charge in [0, 0.05) is 12.1 Å². The van der Waals surface area contributed by atoms with E-state index in [1.807, 2.05) is 50.2 Å². The lowest BCUT2D eigenvalue weighted by molar-refractivity contribution is -0.122. The van der Waals surface area contributed by atoms with Crippen molar-refractivity contribution < 1.29 is 19.1 Å². The zero-order chi connectivity index (χ0) is 23.5. The minimum atomic E-state index is -0.890. The van der Waals surface area contributed by atoms with Gasteiger partial charge in [-0.25, -0.2) is 4.90 Å². The molecular formula is C27H26N2O4. The highest BCUT2D eigenvalue weighted by Gasteiger charge is 2.44. The average molecular weight is 443 g/mol. The monoisotopic (exact) mass is 442 g/mol. The summed E-state index contributed by atoms with van der Waals surface area (Å²) in [5.74, 6) is -0.494. The minimum Gasteiger partial charge on any atom is -0.497 e. The number of benzene rings is 3. The van der Waals surface area contributed by atoms with Crippen LogP contribution in [0.1, 0.15) is 33.5 Å². The van der Waals surface area contributed by atoms with Crippen LogP contribution in [-0.2, 0) is 16.1 Å². The SMILES string of the molecule is COc1cccc(C(=O)N(Cc2ccc(C)cc2)C2CC(=O)N(c3ccc(C)cc3)C2=O)c1. The zero-order valence-electron chi connectivity index (χ0n) is 18.9. The minimum absolute atomic E-state index is 0.0612. The van der Waals surface area contributed by atoms with Gasteiger partial charge in [0.25, 0.3) is 11.8 Å². The number of rotatable bonds is 6. The summed E-state index contributed by atoms with van der Waals surface area (Å²) in [4.78, 5) is 42.6. The van der Waals surface area contributed by atoms with Crippen molar-refractivity contribution >= 4 is 23.4 Å². The summed E-state index contributed by atoms with van der Waals surface area (Å²) in [6, 6.07) is 20.9. The molecule has 0 bridgehead atoms. The second kappa shape index (κ2) is 9.28. The summed E-state index contributed by atoms with van der Waals surface area (Å²) in [7, 11) is 1.53. The van der Waals surface area contributed by atoms with Crippen molar-refractivity contribution in [2.24, 2.45) is 0 Å². The molecule has 1 heterocycles. The normalized spacial score (nSPS) is 15.6. The summed E-state index contributed by atoms with van der Waals surface area (Å²) in [6.07, 6.45) is -0.0612. The Kier molecular flexibility index (Phi) is 6.27. The van der Waals surface area contributed by atoms with Gasteiger partial charge in [-0.1, -0.05) is 53.6 Å². The predicted molar refractivity (Wildman–Crippen MR) is 126 cm³/mol. The van der Waals surface area contributed by atoms with E-state index in [1.54, 1.807) is 36.4 Å². The Morgan fingerprint density at radius 1 is 0.970 bits per heavy atom. The molecule has 1 saturated heterocycles. The molecule has 33 heavy (non-hydrogen) atoms. The van der Waals surface area contributed by atoms with Gasteiger partial charge in [0.1, 0.15) is 11.8 Å². The molecule has 6 nitrogen and oxygen atoms in total. The van der Waals surface area contributed by atoms with E-state index in [9.17, 15) is 14.4 Å². The van der Waals surface area contributed by atoms with Crippen LogP contribution in [0, 0.1) is 13.8 Å². The van der Waals surface area contributed by atoms with Crippen LogP contribution in [0.2, 0.25) is 0 Å². The van der Waals surface area contributed by atoms with Crippen LogP contribution in [0.4, 0.5) is 5.69 Å². The maximum atomic E-state index is 13.6. The number of carbonyl (C=O) groups is 3. The number of carbonyl (C=O) groups excluding carboxylic acids is 3. The highest BCUT2D eigenvalue weighted by Crippen LogP contribution is 2.28. The number of hydrogen-bond donors (Lipinski definition) is 0. The van der Waals surface area contributed by atoms with Crippen LogP contribution in [0.15, 0.2) is 72.8 Å². The van der Waals surface area contributed by atoms with E-state index in [1.165, 1.54) is 16.9 Å². The highest BCUT2D eigenvalue weighted by molar-refractivity contribution is 6.23. The number of anilines is 1. The molecule has 0 saturated carbocycles. The Morgan fingerprint density at radius 2 is 1.61 bits per heavy atom. The Bertz CT molecular complexity index is 1190. The van der Waals surface area contributed by atoms with Crippen molar-refractivity contribution in [3.8, 4) is 5.75 Å². The van der Waals surface area contributed by atoms with Crippen molar-refractivity contribution in [2.75, 3.05) is 12.0 Å². The molecule has 1 aliphatic rings. The third kappa shape index (κ3) is 4.65. The predicted octanol–water partition coefficient (Wildman–Crippen LogP) is 4.29. The van der Waals surface area contributed by atoms with Crippen molar-refractivity contribution in [2.45, 2.75) is 32.9 Å². The maximum Gasteiger partial charge on any atom is 0.257 e. The van der Waals surface area contributed by atoms with Crippen molar-refractivity contribution in [3.05, 3.63) is 95.1 Å². The third-order valence-electron chi connectivity index (χ3n) is 5.84. The number of amides is 3. The molecule has 3 aromatic rings. The molecule has 1 fully saturated rings. The fourth-order valence-electron chi connectivity index (χ4n) is 3.96. The Labute approximate surface area is 193 Å². The quantitative estimate of drug-likeness (QED) is 0.534. The van der Waals surface area contributed by atoms with Crippen LogP contribution in [0.3, 0.4) is 0 Å². The first-order chi connectivity index (χ1) is 15.9. The van der Waals surface area contributed by atoms with E-state index in [4.69, 9.17) is 4.74 Å². The lowest BCUT2D eigenvalue weighted by Gasteiger charge is -2.28. The fraction of sp³-hybridized carbons (Fsp3) is 0.222. The number of nitrogens with zero attached hydrogens (tertiary/aromatic N) is 2. The van der Waals surface area contributed by atoms with Crippen LogP contribution < -0.4 is 9.64 Å². The largest absolute Gasteiger partial charge is 0.497 e. The topological polar surface area (TPSA) is 66.9 Å². The van der Waals surface area contributed by atoms with Gasteiger partial charge in [-0.15, -0.1) is 0 Å². The maximum absolute atomic E-state index is 13.6. The molecule has 0 aliphatic carbocycles. The molecule has 0 spiro atoms. The van der Waals surface area contributed by atoms with E-state index in [0.717, 1.165) is 16.7 Å². The smallest absolute Gasteiger partial charge is 0.257 e. The molecule has 168 valence electrons. The second-order valence-electron chi connectivity index (χ2n) is 8.27. The zero-order valence-corrected chi connectivity index (χ0v) is 18.9. The lowest BCUT2D eigenvalue weighted by atomic mass is 10.1. The van der Waals surface area contributed by atoms with E-state index >= 15 is 0 Å². The number of imide groups is 1. The van der Waals surface area contributed by atoms with Gasteiger partial charge in [0.05, 0.1) is 19.2 Å². The van der Waals surface area contributed by atoms with Crippen molar-refractivity contribution in [3.63, 3.8) is 0 Å². The first kappa shape index (κ1) is 22.3. The van der Waals surface area contributed by atoms with Crippen LogP contribution >= 0.6 is 0 Å². The van der Waals surface area contributed by atoms with E-state index in [-0.39, 0.29) is 24.8 Å². The van der Waals surface area contributed by atoms with E-state index < -0.39 is 11.9 Å². The summed E-state index contributed by atoms with van der Waals surface area (Å²) >= 11 is 0. The average Bonchev–Trinajstić information content (AvgIpc) is 3.12. The summed E-state index contributed by atoms with van der Waals surface area (Å²) in [5, 5.41) is 0. The van der Waals surface area contributed by atoms with Gasteiger partial charge in [-0.2, -0.15) is 0 Å². The molecule has 4 rings (SSSR count). The van der Waals surface area contributed by atoms with Crippen LogP contribution in [-0.4, -0.2) is 35.8 Å². The molecule has 1 atom stereocenters. The molecule has 1 unspecified atom stereocenters. The third-order valence-corrected chi connectivity index (χ3v) is 5.84. The van der Waals surface area contributed by atoms with E-state index in [0.29, 0.717) is 17.0 Å². The number of hydrogen-bond acceptors (Lipinski definition) is 4. The standard InChI is InChI=1S/C27H26N2O4/c1-18-7-11-20(12-8-18)17-28(26(31)21-5-4-6-23(15-21)33-3)24-16-25(30)29(27(24)32)22-13-9-19(2)10-14-22/h4-15,24H,16-17H2,1-3H3. The van der Waals surface area contributed by atoms with Gasteiger partial charge in [0.15, 0.2) is 0 Å². The van der Waals surface area contributed by atoms with Crippen molar-refractivity contribution in [1.29, 1.82) is 0 Å².